The second kappa shape index (κ2) is 9.23. The highest BCUT2D eigenvalue weighted by Crippen LogP contribution is 2.28. The summed E-state index contributed by atoms with van der Waals surface area (Å²) in [5.74, 6) is -0.945. The summed E-state index contributed by atoms with van der Waals surface area (Å²) in [7, 11) is 1.90. The van der Waals surface area contributed by atoms with Crippen LogP contribution in [-0.4, -0.2) is 10.5 Å². The molecule has 1 heterocycles. The van der Waals surface area contributed by atoms with Gasteiger partial charge in [-0.3, -0.25) is 4.79 Å². The zero-order valence-electron chi connectivity index (χ0n) is 17.5. The number of hydrogen-bond acceptors (Lipinski definition) is 2. The fourth-order valence-corrected chi connectivity index (χ4v) is 4.82. The minimum absolute atomic E-state index is 0.206. The van der Waals surface area contributed by atoms with Crippen molar-refractivity contribution in [2.24, 2.45) is 12.0 Å². The van der Waals surface area contributed by atoms with E-state index < -0.39 is 5.92 Å². The van der Waals surface area contributed by atoms with E-state index in [1.54, 1.807) is 12.1 Å². The lowest BCUT2D eigenvalue weighted by Crippen LogP contribution is -2.19. The van der Waals surface area contributed by atoms with Crippen LogP contribution in [0.5, 0.6) is 0 Å². The Labute approximate surface area is 185 Å². The molecule has 0 fully saturated rings. The number of aryl methyl sites for hydroxylation is 1. The van der Waals surface area contributed by atoms with E-state index in [1.165, 1.54) is 23.5 Å². The SMILES string of the molecule is CCc1sc(=NC(=O)C(c2ccccc2)c2ccccc2)n(C)c1-c1ccc(F)cc1. The Morgan fingerprint density at radius 1 is 0.935 bits per heavy atom. The maximum absolute atomic E-state index is 13.4. The molecule has 3 aromatic carbocycles. The maximum Gasteiger partial charge on any atom is 0.260 e. The van der Waals surface area contributed by atoms with Gasteiger partial charge in [0, 0.05) is 11.9 Å². The first-order valence-electron chi connectivity index (χ1n) is 10.2. The molecule has 0 saturated carbocycles. The van der Waals surface area contributed by atoms with E-state index in [0.29, 0.717) is 4.80 Å². The van der Waals surface area contributed by atoms with E-state index in [-0.39, 0.29) is 11.7 Å². The first-order valence-corrected chi connectivity index (χ1v) is 11.0. The monoisotopic (exact) mass is 430 g/mol. The van der Waals surface area contributed by atoms with Gasteiger partial charge in [-0.05, 0) is 47.4 Å². The van der Waals surface area contributed by atoms with E-state index in [0.717, 1.165) is 33.7 Å². The molecule has 0 radical (unpaired) electrons. The molecule has 0 saturated heterocycles. The molecule has 0 aliphatic carbocycles. The highest BCUT2D eigenvalue weighted by molar-refractivity contribution is 7.09. The van der Waals surface area contributed by atoms with E-state index in [9.17, 15) is 9.18 Å². The van der Waals surface area contributed by atoms with Crippen LogP contribution >= 0.6 is 11.3 Å². The van der Waals surface area contributed by atoms with E-state index in [4.69, 9.17) is 0 Å². The van der Waals surface area contributed by atoms with Gasteiger partial charge in [-0.1, -0.05) is 67.6 Å². The van der Waals surface area contributed by atoms with Crippen molar-refractivity contribution in [1.29, 1.82) is 0 Å². The first-order chi connectivity index (χ1) is 15.1. The molecule has 0 atom stereocenters. The number of benzene rings is 3. The number of carbonyl (C=O) groups is 1. The van der Waals surface area contributed by atoms with Gasteiger partial charge in [0.25, 0.3) is 5.91 Å². The number of thiazole rings is 1. The lowest BCUT2D eigenvalue weighted by molar-refractivity contribution is -0.118. The topological polar surface area (TPSA) is 34.4 Å². The molecule has 3 nitrogen and oxygen atoms in total. The van der Waals surface area contributed by atoms with Crippen LogP contribution in [0.3, 0.4) is 0 Å². The van der Waals surface area contributed by atoms with Crippen LogP contribution in [0.4, 0.5) is 4.39 Å². The fraction of sp³-hybridized carbons (Fsp3) is 0.154. The molecule has 0 spiro atoms. The summed E-state index contributed by atoms with van der Waals surface area (Å²) in [6.45, 7) is 2.07. The predicted molar refractivity (Wildman–Crippen MR) is 123 cm³/mol. The van der Waals surface area contributed by atoms with Crippen molar-refractivity contribution in [1.82, 2.24) is 4.57 Å². The molecule has 0 N–H and O–H groups in total. The van der Waals surface area contributed by atoms with Gasteiger partial charge >= 0.3 is 0 Å². The van der Waals surface area contributed by atoms with Gasteiger partial charge in [-0.15, -0.1) is 11.3 Å². The van der Waals surface area contributed by atoms with Crippen molar-refractivity contribution >= 4 is 17.2 Å². The number of carbonyl (C=O) groups excluding carboxylic acids is 1. The summed E-state index contributed by atoms with van der Waals surface area (Å²) in [6.07, 6.45) is 0.801. The Morgan fingerprint density at radius 2 is 1.48 bits per heavy atom. The Bertz CT molecular complexity index is 1200. The van der Waals surface area contributed by atoms with Crippen LogP contribution < -0.4 is 4.80 Å². The minimum atomic E-state index is -0.469. The molecule has 5 heteroatoms. The Hall–Kier alpha value is -3.31. The van der Waals surface area contributed by atoms with E-state index in [1.807, 2.05) is 72.3 Å². The predicted octanol–water partition coefficient (Wildman–Crippen LogP) is 5.71. The van der Waals surface area contributed by atoms with Gasteiger partial charge in [-0.2, -0.15) is 4.99 Å². The van der Waals surface area contributed by atoms with Crippen molar-refractivity contribution in [3.05, 3.63) is 112 Å². The van der Waals surface area contributed by atoms with Gasteiger partial charge < -0.3 is 4.57 Å². The van der Waals surface area contributed by atoms with Crippen molar-refractivity contribution in [3.63, 3.8) is 0 Å². The molecular weight excluding hydrogens is 407 g/mol. The van der Waals surface area contributed by atoms with Crippen molar-refractivity contribution in [2.75, 3.05) is 0 Å². The van der Waals surface area contributed by atoms with Crippen LogP contribution in [0, 0.1) is 5.82 Å². The molecule has 156 valence electrons. The normalized spacial score (nSPS) is 11.8. The Morgan fingerprint density at radius 3 is 2.00 bits per heavy atom. The van der Waals surface area contributed by atoms with Gasteiger partial charge in [0.05, 0.1) is 11.6 Å². The average Bonchev–Trinajstić information content (AvgIpc) is 3.11. The van der Waals surface area contributed by atoms with E-state index in [2.05, 4.69) is 11.9 Å². The molecule has 4 aromatic rings. The quantitative estimate of drug-likeness (QED) is 0.399. The molecule has 1 aromatic heterocycles. The number of aromatic nitrogens is 1. The second-order valence-electron chi connectivity index (χ2n) is 7.28. The van der Waals surface area contributed by atoms with Crippen molar-refractivity contribution in [3.8, 4) is 11.3 Å². The zero-order valence-corrected chi connectivity index (χ0v) is 18.3. The van der Waals surface area contributed by atoms with Crippen LogP contribution in [0.15, 0.2) is 89.9 Å². The highest BCUT2D eigenvalue weighted by atomic mass is 32.1. The van der Waals surface area contributed by atoms with Crippen LogP contribution in [0.1, 0.15) is 28.8 Å². The standard InChI is InChI=1S/C26H23FN2OS/c1-3-22-24(20-14-16-21(27)17-15-20)29(2)26(31-22)28-25(30)23(18-10-6-4-7-11-18)19-12-8-5-9-13-19/h4-17,23H,3H2,1-2H3. The van der Waals surface area contributed by atoms with Gasteiger partial charge in [0.2, 0.25) is 0 Å². The number of amides is 1. The van der Waals surface area contributed by atoms with Crippen LogP contribution in [0.2, 0.25) is 0 Å². The van der Waals surface area contributed by atoms with Crippen LogP contribution in [0.25, 0.3) is 11.3 Å². The van der Waals surface area contributed by atoms with Gasteiger partial charge in [0.1, 0.15) is 5.82 Å². The van der Waals surface area contributed by atoms with Gasteiger partial charge in [-0.25, -0.2) is 4.39 Å². The Kier molecular flexibility index (Phi) is 6.23. The fourth-order valence-electron chi connectivity index (χ4n) is 3.74. The third kappa shape index (κ3) is 4.42. The minimum Gasteiger partial charge on any atom is -0.319 e. The highest BCUT2D eigenvalue weighted by Gasteiger charge is 2.23. The third-order valence-electron chi connectivity index (χ3n) is 5.26. The lowest BCUT2D eigenvalue weighted by Gasteiger charge is -2.14. The lowest BCUT2D eigenvalue weighted by atomic mass is 9.91. The molecule has 0 bridgehead atoms. The van der Waals surface area contributed by atoms with Crippen LogP contribution in [-0.2, 0) is 18.3 Å². The van der Waals surface area contributed by atoms with Gasteiger partial charge in [0.15, 0.2) is 4.80 Å². The van der Waals surface area contributed by atoms with Crippen molar-refractivity contribution < 1.29 is 9.18 Å². The zero-order chi connectivity index (χ0) is 21.8. The smallest absolute Gasteiger partial charge is 0.260 e. The van der Waals surface area contributed by atoms with E-state index >= 15 is 0 Å². The third-order valence-corrected chi connectivity index (χ3v) is 6.53. The first kappa shape index (κ1) is 20.9. The number of rotatable bonds is 5. The largest absolute Gasteiger partial charge is 0.319 e. The molecule has 1 amide bonds. The molecule has 0 unspecified atom stereocenters. The summed E-state index contributed by atoms with van der Waals surface area (Å²) >= 11 is 1.50. The summed E-state index contributed by atoms with van der Waals surface area (Å²) in [6, 6.07) is 25.9. The second-order valence-corrected chi connectivity index (χ2v) is 8.34. The molecule has 0 aliphatic heterocycles. The number of hydrogen-bond donors (Lipinski definition) is 0. The molecule has 0 aliphatic rings. The summed E-state index contributed by atoms with van der Waals surface area (Å²) in [5.41, 5.74) is 3.70. The average molecular weight is 431 g/mol. The molecule has 31 heavy (non-hydrogen) atoms. The Balaban J connectivity index is 1.81. The number of nitrogens with zero attached hydrogens (tertiary/aromatic N) is 2. The summed E-state index contributed by atoms with van der Waals surface area (Å²) in [5, 5.41) is 0. The summed E-state index contributed by atoms with van der Waals surface area (Å²) < 4.78 is 15.3. The molecular formula is C26H23FN2OS. The summed E-state index contributed by atoms with van der Waals surface area (Å²) in [4.78, 5) is 19.7. The number of halogens is 1. The van der Waals surface area contributed by atoms with Crippen molar-refractivity contribution in [2.45, 2.75) is 19.3 Å². The maximum atomic E-state index is 13.4. The molecule has 4 rings (SSSR count).